The van der Waals surface area contributed by atoms with Gasteiger partial charge in [-0.2, -0.15) is 0 Å². The van der Waals surface area contributed by atoms with Crippen molar-refractivity contribution in [3.63, 3.8) is 0 Å². The Labute approximate surface area is 458 Å². The van der Waals surface area contributed by atoms with Gasteiger partial charge in [0.25, 0.3) is 0 Å². The lowest BCUT2D eigenvalue weighted by Gasteiger charge is -2.42. The van der Waals surface area contributed by atoms with Crippen LogP contribution in [0.25, 0.3) is 0 Å². The van der Waals surface area contributed by atoms with Crippen molar-refractivity contribution >= 4 is 29.2 Å². The number of esters is 1. The first-order valence-electron chi connectivity index (χ1n) is 27.2. The van der Waals surface area contributed by atoms with E-state index in [0.29, 0.717) is 17.7 Å². The van der Waals surface area contributed by atoms with Gasteiger partial charge in [-0.05, 0) is 81.5 Å². The minimum absolute atomic E-state index is 0.0251. The lowest BCUT2D eigenvalue weighted by atomic mass is 9.83. The van der Waals surface area contributed by atoms with Gasteiger partial charge in [0.2, 0.25) is 0 Å². The maximum absolute atomic E-state index is 13.4. The molecule has 3 aliphatic rings. The smallest absolute Gasteiger partial charge is 0.311 e. The van der Waals surface area contributed by atoms with Crippen molar-refractivity contribution in [1.29, 1.82) is 0 Å². The van der Waals surface area contributed by atoms with Crippen LogP contribution in [-0.2, 0) is 33.3 Å². The fraction of sp³-hybridized carbons (Fsp3) is 0.593. The van der Waals surface area contributed by atoms with E-state index in [1.54, 1.807) is 73.7 Å². The number of aliphatic hydroxyl groups is 8. The molecule has 0 saturated carbocycles. The fourth-order valence-electron chi connectivity index (χ4n) is 10.1. The first-order valence-corrected chi connectivity index (χ1v) is 27.2. The number of hydrogen-bond donors (Lipinski definition) is 11. The Balaban J connectivity index is 1.52. The Morgan fingerprint density at radius 1 is 0.718 bits per heavy atom. The van der Waals surface area contributed by atoms with E-state index in [1.807, 2.05) is 63.3 Å². The van der Waals surface area contributed by atoms with Gasteiger partial charge in [0, 0.05) is 49.3 Å². The van der Waals surface area contributed by atoms with Gasteiger partial charge in [-0.15, -0.1) is 0 Å². The quantitative estimate of drug-likeness (QED) is 0.0886. The zero-order valence-electron chi connectivity index (χ0n) is 45.3. The summed E-state index contributed by atoms with van der Waals surface area (Å²) in [6.45, 7) is 7.19. The lowest BCUT2D eigenvalue weighted by Crippen LogP contribution is -2.61. The minimum Gasteiger partial charge on any atom is -0.481 e. The molecule has 0 aromatic heterocycles. The molecule has 19 nitrogen and oxygen atoms in total. The third-order valence-corrected chi connectivity index (χ3v) is 14.5. The van der Waals surface area contributed by atoms with E-state index in [-0.39, 0.29) is 99.9 Å². The van der Waals surface area contributed by atoms with E-state index in [4.69, 9.17) is 30.4 Å². The predicted molar refractivity (Wildman–Crippen MR) is 292 cm³/mol. The molecule has 19 atom stereocenters. The van der Waals surface area contributed by atoms with E-state index in [9.17, 15) is 65.1 Å². The number of anilines is 1. The number of nitrogen functional groups attached to an aromatic ring is 1. The Hall–Kier alpha value is -5.00. The zero-order valence-corrected chi connectivity index (χ0v) is 45.3. The summed E-state index contributed by atoms with van der Waals surface area (Å²) in [5, 5.41) is 97.0. The molecule has 434 valence electrons. The number of hydrogen-bond acceptors (Lipinski definition) is 18. The number of carboxylic acids is 1. The van der Waals surface area contributed by atoms with Crippen molar-refractivity contribution in [3.8, 4) is 0 Å². The molecule has 0 radical (unpaired) electrons. The van der Waals surface area contributed by atoms with Gasteiger partial charge in [0.15, 0.2) is 12.1 Å². The number of carboxylic acid groups (broad SMARTS) is 1. The van der Waals surface area contributed by atoms with Crippen LogP contribution in [0, 0.1) is 23.7 Å². The van der Waals surface area contributed by atoms with Crippen molar-refractivity contribution in [2.45, 2.75) is 196 Å². The standard InChI is InChI=1S/C59H86N2O17/c1-35-18-15-13-11-9-7-5-6-8-10-12-14-16-21-46(77-59-56(72)54(61)55(71)38(4)75-59)33-51-53(58(73)74)50(69)32-47(76-51)30-45(66)29-44(65)28-43(64)27-41(62)19-17-20-42(63)31-52(70)78-57(35)37(3)26-36(2)48(67)34-49(68)39-22-24-40(60)25-23-39/h5-16,18,21-25,35-38,42-48,50-51,53-57,59,63-67,69,71-72H,17,19-20,26-34,60-61H2,1-4H3,(H,73,74)/b6-5+,9-7+,10-8+,13-11+,14-12+,18-15+,21-16+/t35-,36-,37-,38+,42?,43-,44-,45-,46-,47?,48-,50-,51-,53+,54-,55+,56-,57-,59-/m0/s1. The number of fused-ring (bicyclic) bond motifs is 2. The Morgan fingerprint density at radius 3 is 1.91 bits per heavy atom. The van der Waals surface area contributed by atoms with Crippen LogP contribution in [0.1, 0.15) is 115 Å². The van der Waals surface area contributed by atoms with Gasteiger partial charge < -0.3 is 76.4 Å². The number of aliphatic carboxylic acids is 1. The highest BCUT2D eigenvalue weighted by Crippen LogP contribution is 2.34. The summed E-state index contributed by atoms with van der Waals surface area (Å²) in [5.41, 5.74) is 12.8. The van der Waals surface area contributed by atoms with Crippen LogP contribution in [0.3, 0.4) is 0 Å². The maximum Gasteiger partial charge on any atom is 0.311 e. The average Bonchev–Trinajstić information content (AvgIpc) is 3.38. The van der Waals surface area contributed by atoms with E-state index >= 15 is 0 Å². The molecule has 3 heterocycles. The van der Waals surface area contributed by atoms with Crippen molar-refractivity contribution in [3.05, 3.63) is 115 Å². The fourth-order valence-corrected chi connectivity index (χ4v) is 10.1. The van der Waals surface area contributed by atoms with Gasteiger partial charge in [-0.3, -0.25) is 19.2 Å². The van der Waals surface area contributed by atoms with Crippen LogP contribution >= 0.6 is 0 Å². The molecule has 2 fully saturated rings. The van der Waals surface area contributed by atoms with Crippen molar-refractivity contribution < 1.29 is 84.1 Å². The van der Waals surface area contributed by atoms with Crippen LogP contribution in [-0.4, -0.2) is 161 Å². The van der Waals surface area contributed by atoms with Gasteiger partial charge >= 0.3 is 11.9 Å². The number of benzene rings is 1. The molecule has 2 saturated heterocycles. The summed E-state index contributed by atoms with van der Waals surface area (Å²) in [4.78, 5) is 51.7. The van der Waals surface area contributed by atoms with E-state index in [0.717, 1.165) is 0 Å². The van der Waals surface area contributed by atoms with E-state index in [2.05, 4.69) is 0 Å². The largest absolute Gasteiger partial charge is 0.481 e. The third kappa shape index (κ3) is 22.6. The van der Waals surface area contributed by atoms with Gasteiger partial charge in [-0.25, -0.2) is 0 Å². The normalized spacial score (nSPS) is 37.2. The second-order valence-electron chi connectivity index (χ2n) is 21.3. The number of rotatable bonds is 10. The van der Waals surface area contributed by atoms with Gasteiger partial charge in [0.1, 0.15) is 23.9 Å². The second kappa shape index (κ2) is 33.6. The molecule has 0 spiro atoms. The van der Waals surface area contributed by atoms with Crippen molar-refractivity contribution in [2.24, 2.45) is 29.4 Å². The number of carbonyl (C=O) groups is 4. The summed E-state index contributed by atoms with van der Waals surface area (Å²) in [5.74, 6) is -4.91. The Morgan fingerprint density at radius 2 is 1.29 bits per heavy atom. The van der Waals surface area contributed by atoms with Crippen molar-refractivity contribution in [1.82, 2.24) is 0 Å². The summed E-state index contributed by atoms with van der Waals surface area (Å²) in [7, 11) is 0. The van der Waals surface area contributed by atoms with E-state index in [1.165, 1.54) is 0 Å². The maximum atomic E-state index is 13.4. The number of ketones is 2. The van der Waals surface area contributed by atoms with Crippen LogP contribution in [0.5, 0.6) is 0 Å². The first kappa shape index (κ1) is 65.5. The monoisotopic (exact) mass is 1090 g/mol. The molecule has 1 aromatic rings. The Kier molecular flexibility index (Phi) is 28.2. The molecule has 19 heteroatoms. The topological polar surface area (TPSA) is 339 Å². The number of aliphatic hydroxyl groups excluding tert-OH is 8. The van der Waals surface area contributed by atoms with Gasteiger partial charge in [0.05, 0.1) is 79.6 Å². The lowest BCUT2D eigenvalue weighted by molar-refractivity contribution is -0.279. The van der Waals surface area contributed by atoms with Crippen LogP contribution in [0.2, 0.25) is 0 Å². The number of allylic oxidation sites excluding steroid dienone is 12. The summed E-state index contributed by atoms with van der Waals surface area (Å²) in [6.07, 6.45) is 8.03. The number of cyclic esters (lactones) is 1. The average molecular weight is 1100 g/mol. The molecular weight excluding hydrogens is 1010 g/mol. The number of ether oxygens (including phenoxy) is 4. The molecule has 0 amide bonds. The highest BCUT2D eigenvalue weighted by atomic mass is 16.7. The SMILES string of the molecule is C[C@H]1/C=C/C=C/C=C/C=C/C=C/C=C/C=C/[C@H](O[C@@H]2O[C@H](C)[C@@H](O)[C@H](N)[C@@H]2O)C[C@@H]2OC(C[C@@H](O)C[C@@H](O)C[C@@H](O)CC(=O)CCCC(O)CC(=O)O[C@@H]1[C@@H](C)C[C@H](C)[C@@H](O)CC(=O)c1ccc(N)cc1)C[C@H](O)[C@H]2C(=O)O. The zero-order chi connectivity index (χ0) is 57.5. The minimum atomic E-state index is -1.45. The van der Waals surface area contributed by atoms with Crippen molar-refractivity contribution in [2.75, 3.05) is 5.73 Å². The molecule has 2 bridgehead atoms. The molecule has 13 N–H and O–H groups in total. The van der Waals surface area contributed by atoms with Crippen LogP contribution in [0.4, 0.5) is 5.69 Å². The molecule has 0 aliphatic carbocycles. The first-order chi connectivity index (χ1) is 37.0. The molecule has 78 heavy (non-hydrogen) atoms. The number of Topliss-reactive ketones (excluding diaryl/α,β-unsaturated/α-hetero) is 2. The second-order valence-corrected chi connectivity index (χ2v) is 21.3. The number of carbonyl (C=O) groups excluding carboxylic acids is 3. The highest BCUT2D eigenvalue weighted by molar-refractivity contribution is 5.96. The van der Waals surface area contributed by atoms with Gasteiger partial charge in [-0.1, -0.05) is 106 Å². The molecular formula is C59H86N2O17. The predicted octanol–water partition coefficient (Wildman–Crippen LogP) is 4.24. The summed E-state index contributed by atoms with van der Waals surface area (Å²) >= 11 is 0. The highest BCUT2D eigenvalue weighted by Gasteiger charge is 2.46. The molecule has 2 unspecified atom stereocenters. The van der Waals surface area contributed by atoms with Crippen LogP contribution in [0.15, 0.2) is 109 Å². The third-order valence-electron chi connectivity index (χ3n) is 14.5. The summed E-state index contributed by atoms with van der Waals surface area (Å²) < 4.78 is 24.1. The summed E-state index contributed by atoms with van der Waals surface area (Å²) in [6, 6.07) is 5.37. The van der Waals surface area contributed by atoms with E-state index < -0.39 is 110 Å². The Bertz CT molecular complexity index is 2230. The molecule has 3 aliphatic heterocycles. The molecule has 4 rings (SSSR count). The number of nitrogens with two attached hydrogens (primary N) is 2. The van der Waals surface area contributed by atoms with Crippen LogP contribution < -0.4 is 11.5 Å². The molecule has 1 aromatic carbocycles.